The van der Waals surface area contributed by atoms with Crippen molar-refractivity contribution < 1.29 is 24.3 Å². The number of imidazole rings is 2. The minimum atomic E-state index is -0.593. The summed E-state index contributed by atoms with van der Waals surface area (Å²) in [7, 11) is 0. The summed E-state index contributed by atoms with van der Waals surface area (Å²) in [6, 6.07) is 11.6. The summed E-state index contributed by atoms with van der Waals surface area (Å²) in [6.45, 7) is 9.29. The smallest absolute Gasteiger partial charge is 0.276 e. The number of amides is 4. The van der Waals surface area contributed by atoms with Gasteiger partial charge in [-0.1, -0.05) is 13.3 Å². The topological polar surface area (TPSA) is 236 Å². The SMILES string of the molecule is CCCn1c(NC(=O)c2c(CCCCCn3nc(C)cc3C(=O)Nc3nc4cc(C(N)=O)ccc4n3CCO)c(C)nn2CC)nc2cc(C(N)=O)ccc21. The van der Waals surface area contributed by atoms with Crippen molar-refractivity contribution in [2.75, 3.05) is 17.2 Å². The van der Waals surface area contributed by atoms with Gasteiger partial charge in [-0.15, -0.1) is 0 Å². The van der Waals surface area contributed by atoms with Crippen molar-refractivity contribution in [1.82, 2.24) is 38.7 Å². The molecule has 0 fully saturated rings. The van der Waals surface area contributed by atoms with Crippen LogP contribution < -0.4 is 22.1 Å². The third kappa shape index (κ3) is 7.96. The summed E-state index contributed by atoms with van der Waals surface area (Å²) in [5.74, 6) is -1.26. The Morgan fingerprint density at radius 2 is 1.33 bits per heavy atom. The number of hydrogen-bond donors (Lipinski definition) is 5. The Hall–Kier alpha value is -6.36. The monoisotopic (exact) mass is 750 g/mol. The highest BCUT2D eigenvalue weighted by Gasteiger charge is 2.24. The highest BCUT2D eigenvalue weighted by atomic mass is 16.3. The molecule has 4 aromatic heterocycles. The van der Waals surface area contributed by atoms with E-state index in [1.54, 1.807) is 56.4 Å². The minimum Gasteiger partial charge on any atom is -0.395 e. The van der Waals surface area contributed by atoms with Gasteiger partial charge >= 0.3 is 0 Å². The third-order valence-corrected chi connectivity index (χ3v) is 9.48. The molecule has 0 aliphatic carbocycles. The van der Waals surface area contributed by atoms with Gasteiger partial charge < -0.3 is 25.7 Å². The van der Waals surface area contributed by atoms with E-state index in [1.807, 2.05) is 32.3 Å². The number of nitrogens with zero attached hydrogens (tertiary/aromatic N) is 8. The number of unbranched alkanes of at least 4 members (excludes halogenated alkanes) is 2. The van der Waals surface area contributed by atoms with Gasteiger partial charge in [0, 0.05) is 42.9 Å². The molecule has 0 aliphatic heterocycles. The fourth-order valence-electron chi connectivity index (χ4n) is 6.90. The summed E-state index contributed by atoms with van der Waals surface area (Å²) in [6.07, 6.45) is 3.70. The van der Waals surface area contributed by atoms with Gasteiger partial charge in [-0.2, -0.15) is 10.2 Å². The summed E-state index contributed by atoms with van der Waals surface area (Å²) in [4.78, 5) is 60.1. The lowest BCUT2D eigenvalue weighted by Crippen LogP contribution is -2.21. The van der Waals surface area contributed by atoms with E-state index in [9.17, 15) is 24.3 Å². The first-order valence-corrected chi connectivity index (χ1v) is 18.4. The van der Waals surface area contributed by atoms with Crippen LogP contribution >= 0.6 is 0 Å². The van der Waals surface area contributed by atoms with Gasteiger partial charge in [0.05, 0.1) is 40.1 Å². The summed E-state index contributed by atoms with van der Waals surface area (Å²) in [5, 5.41) is 24.8. The second-order valence-electron chi connectivity index (χ2n) is 13.4. The molecule has 0 saturated carbocycles. The fraction of sp³-hybridized carbons (Fsp3) is 0.368. The Morgan fingerprint density at radius 1 is 0.727 bits per heavy atom. The van der Waals surface area contributed by atoms with E-state index >= 15 is 0 Å². The Bertz CT molecular complexity index is 2420. The van der Waals surface area contributed by atoms with Crippen molar-refractivity contribution in [3.63, 3.8) is 0 Å². The number of aryl methyl sites for hydroxylation is 5. The molecule has 55 heavy (non-hydrogen) atoms. The molecule has 0 spiro atoms. The molecule has 6 aromatic rings. The predicted octanol–water partition coefficient (Wildman–Crippen LogP) is 3.93. The standard InChI is InChI=1S/C38H46N12O5/c1-5-15-47-29-13-11-24(33(39)52)20-27(29)42-38(47)44-36(55)32-26(23(4)46-49(32)6-2)10-8-7-9-16-50-31(19-22(3)45-50)35(54)43-37-41-28-21-25(34(40)53)12-14-30(28)48(37)17-18-51/h11-14,19-21,51H,5-10,15-18H2,1-4H3,(H2,39,52)(H2,40,53)(H,41,43,54)(H,42,44,55). The van der Waals surface area contributed by atoms with Gasteiger partial charge in [0.15, 0.2) is 0 Å². The normalized spacial score (nSPS) is 11.4. The molecule has 0 atom stereocenters. The largest absolute Gasteiger partial charge is 0.395 e. The molecule has 0 unspecified atom stereocenters. The van der Waals surface area contributed by atoms with E-state index < -0.39 is 17.7 Å². The maximum absolute atomic E-state index is 13.9. The molecule has 6 rings (SSSR count). The number of benzene rings is 2. The lowest BCUT2D eigenvalue weighted by Gasteiger charge is -2.12. The second-order valence-corrected chi connectivity index (χ2v) is 13.4. The fourth-order valence-corrected chi connectivity index (χ4v) is 6.90. The Balaban J connectivity index is 1.12. The summed E-state index contributed by atoms with van der Waals surface area (Å²) < 4.78 is 6.98. The van der Waals surface area contributed by atoms with E-state index in [1.165, 1.54) is 0 Å². The number of anilines is 2. The number of primary amides is 2. The molecule has 7 N–H and O–H groups in total. The molecule has 17 nitrogen and oxygen atoms in total. The highest BCUT2D eigenvalue weighted by molar-refractivity contribution is 6.05. The van der Waals surface area contributed by atoms with Crippen molar-refractivity contribution in [3.8, 4) is 0 Å². The van der Waals surface area contributed by atoms with Gasteiger partial charge in [-0.3, -0.25) is 39.2 Å². The van der Waals surface area contributed by atoms with Crippen molar-refractivity contribution in [2.24, 2.45) is 11.5 Å². The van der Waals surface area contributed by atoms with Crippen molar-refractivity contribution in [2.45, 2.75) is 86.0 Å². The molecule has 0 bridgehead atoms. The van der Waals surface area contributed by atoms with Crippen LogP contribution in [0.2, 0.25) is 0 Å². The zero-order chi connectivity index (χ0) is 39.4. The molecule has 0 aliphatic rings. The number of carbonyl (C=O) groups is 4. The lowest BCUT2D eigenvalue weighted by atomic mass is 10.0. The van der Waals surface area contributed by atoms with Crippen LogP contribution in [0.3, 0.4) is 0 Å². The van der Waals surface area contributed by atoms with E-state index in [4.69, 9.17) is 11.5 Å². The van der Waals surface area contributed by atoms with Crippen LogP contribution in [0.5, 0.6) is 0 Å². The number of nitrogens with two attached hydrogens (primary N) is 2. The maximum atomic E-state index is 13.9. The third-order valence-electron chi connectivity index (χ3n) is 9.48. The Morgan fingerprint density at radius 3 is 1.89 bits per heavy atom. The Labute approximate surface area is 316 Å². The van der Waals surface area contributed by atoms with E-state index in [0.29, 0.717) is 71.2 Å². The summed E-state index contributed by atoms with van der Waals surface area (Å²) >= 11 is 0. The van der Waals surface area contributed by atoms with E-state index in [2.05, 4.69) is 30.8 Å². The minimum absolute atomic E-state index is 0.180. The first kappa shape index (κ1) is 38.4. The lowest BCUT2D eigenvalue weighted by molar-refractivity contribution is 0.0992. The van der Waals surface area contributed by atoms with Crippen LogP contribution in [-0.2, 0) is 32.6 Å². The van der Waals surface area contributed by atoms with Crippen molar-refractivity contribution in [1.29, 1.82) is 0 Å². The molecule has 4 amide bonds. The maximum Gasteiger partial charge on any atom is 0.276 e. The van der Waals surface area contributed by atoms with E-state index in [0.717, 1.165) is 42.5 Å². The van der Waals surface area contributed by atoms with Gasteiger partial charge in [0.1, 0.15) is 11.4 Å². The van der Waals surface area contributed by atoms with Crippen LogP contribution in [0.1, 0.15) is 98.2 Å². The number of aromatic nitrogens is 8. The number of carbonyl (C=O) groups excluding carboxylic acids is 4. The zero-order valence-corrected chi connectivity index (χ0v) is 31.4. The molecular weight excluding hydrogens is 704 g/mol. The highest BCUT2D eigenvalue weighted by Crippen LogP contribution is 2.25. The van der Waals surface area contributed by atoms with E-state index in [-0.39, 0.29) is 30.6 Å². The van der Waals surface area contributed by atoms with Crippen molar-refractivity contribution >= 4 is 57.6 Å². The van der Waals surface area contributed by atoms with Crippen LogP contribution in [-0.4, -0.2) is 74.0 Å². The number of aliphatic hydroxyl groups is 1. The van der Waals surface area contributed by atoms with Gasteiger partial charge in [0.2, 0.25) is 23.7 Å². The van der Waals surface area contributed by atoms with Crippen LogP contribution in [0.15, 0.2) is 42.5 Å². The average molecular weight is 751 g/mol. The van der Waals surface area contributed by atoms with Gasteiger partial charge in [0.25, 0.3) is 11.8 Å². The molecule has 288 valence electrons. The average Bonchev–Trinajstić information content (AvgIpc) is 3.89. The number of aliphatic hydroxyl groups excluding tert-OH is 1. The second kappa shape index (κ2) is 16.3. The van der Waals surface area contributed by atoms with Crippen molar-refractivity contribution in [3.05, 3.63) is 81.9 Å². The number of fused-ring (bicyclic) bond motifs is 2. The Kier molecular flexibility index (Phi) is 11.4. The summed E-state index contributed by atoms with van der Waals surface area (Å²) in [5.41, 5.74) is 17.2. The molecule has 2 aromatic carbocycles. The van der Waals surface area contributed by atoms with Crippen LogP contribution in [0.4, 0.5) is 11.9 Å². The number of hydrogen-bond acceptors (Lipinski definition) is 9. The quantitative estimate of drug-likeness (QED) is 0.0848. The zero-order valence-electron chi connectivity index (χ0n) is 31.4. The van der Waals surface area contributed by atoms with Crippen LogP contribution in [0.25, 0.3) is 22.1 Å². The molecule has 0 radical (unpaired) electrons. The van der Waals surface area contributed by atoms with Gasteiger partial charge in [-0.25, -0.2) is 9.97 Å². The molecule has 4 heterocycles. The number of rotatable bonds is 17. The van der Waals surface area contributed by atoms with Gasteiger partial charge in [-0.05, 0) is 88.9 Å². The number of nitrogens with one attached hydrogen (secondary N) is 2. The molecular formula is C38H46N12O5. The molecule has 17 heteroatoms. The van der Waals surface area contributed by atoms with Crippen LogP contribution in [0, 0.1) is 13.8 Å². The first-order chi connectivity index (χ1) is 26.4. The first-order valence-electron chi connectivity index (χ1n) is 18.4. The molecule has 0 saturated heterocycles. The predicted molar refractivity (Wildman–Crippen MR) is 207 cm³/mol.